The predicted molar refractivity (Wildman–Crippen MR) is 71.4 cm³/mol. The summed E-state index contributed by atoms with van der Waals surface area (Å²) >= 11 is 3.02. The fraction of sp³-hybridized carbons (Fsp3) is 0.444. The number of aryl methyl sites for hydroxylation is 1. The molecule has 2 heterocycles. The molecular formula is C9H14N6S2. The van der Waals surface area contributed by atoms with Crippen LogP contribution in [-0.2, 0) is 6.54 Å². The number of thioether (sulfide) groups is 1. The van der Waals surface area contributed by atoms with Gasteiger partial charge < -0.3 is 11.1 Å². The Labute approximate surface area is 108 Å². The van der Waals surface area contributed by atoms with E-state index in [2.05, 4.69) is 20.0 Å². The first kappa shape index (κ1) is 12.2. The maximum Gasteiger partial charge on any atom is 0.153 e. The number of rotatable bonds is 6. The maximum absolute atomic E-state index is 5.75. The van der Waals surface area contributed by atoms with Crippen LogP contribution < -0.4 is 11.1 Å². The Morgan fingerprint density at radius 1 is 1.59 bits per heavy atom. The van der Waals surface area contributed by atoms with E-state index in [1.807, 2.05) is 17.1 Å². The van der Waals surface area contributed by atoms with Crippen LogP contribution in [0.1, 0.15) is 6.42 Å². The summed E-state index contributed by atoms with van der Waals surface area (Å²) in [7, 11) is 0. The van der Waals surface area contributed by atoms with Crippen LogP contribution >= 0.6 is 23.3 Å². The van der Waals surface area contributed by atoms with Crippen molar-refractivity contribution in [3.05, 3.63) is 12.4 Å². The van der Waals surface area contributed by atoms with Crippen LogP contribution in [-0.4, -0.2) is 32.2 Å². The minimum absolute atomic E-state index is 0.612. The van der Waals surface area contributed by atoms with Crippen LogP contribution in [0.3, 0.4) is 0 Å². The molecule has 0 fully saturated rings. The van der Waals surface area contributed by atoms with Crippen molar-refractivity contribution in [2.24, 2.45) is 0 Å². The minimum atomic E-state index is 0.612. The first-order valence-corrected chi connectivity index (χ1v) is 7.18. The lowest BCUT2D eigenvalue weighted by Gasteiger charge is -2.05. The van der Waals surface area contributed by atoms with Crippen LogP contribution in [0.15, 0.2) is 17.3 Å². The van der Waals surface area contributed by atoms with E-state index in [9.17, 15) is 0 Å². The largest absolute Gasteiger partial charge is 0.382 e. The SMILES string of the molecule is CSc1c(N)nsc1NCCCn1ccnn1. The first-order valence-electron chi connectivity index (χ1n) is 5.18. The Morgan fingerprint density at radius 2 is 2.47 bits per heavy atom. The molecule has 6 nitrogen and oxygen atoms in total. The average molecular weight is 270 g/mol. The van der Waals surface area contributed by atoms with Gasteiger partial charge in [0, 0.05) is 19.3 Å². The Bertz CT molecular complexity index is 452. The molecule has 0 unspecified atom stereocenters. The first-order chi connectivity index (χ1) is 8.31. The summed E-state index contributed by atoms with van der Waals surface area (Å²) in [5, 5.41) is 12.0. The van der Waals surface area contributed by atoms with Crippen LogP contribution in [0.25, 0.3) is 0 Å². The molecule has 0 radical (unpaired) electrons. The van der Waals surface area contributed by atoms with Crippen molar-refractivity contribution in [2.45, 2.75) is 17.9 Å². The van der Waals surface area contributed by atoms with E-state index >= 15 is 0 Å². The molecule has 0 aromatic carbocycles. The van der Waals surface area contributed by atoms with Crippen LogP contribution in [0, 0.1) is 0 Å². The van der Waals surface area contributed by atoms with Gasteiger partial charge in [0.2, 0.25) is 0 Å². The lowest BCUT2D eigenvalue weighted by Crippen LogP contribution is -2.07. The second kappa shape index (κ2) is 5.87. The van der Waals surface area contributed by atoms with Crippen molar-refractivity contribution >= 4 is 34.1 Å². The highest BCUT2D eigenvalue weighted by molar-refractivity contribution is 7.99. The molecule has 2 aromatic rings. The molecule has 2 rings (SSSR count). The number of nitrogens with two attached hydrogens (primary N) is 1. The van der Waals surface area contributed by atoms with E-state index in [1.165, 1.54) is 11.5 Å². The summed E-state index contributed by atoms with van der Waals surface area (Å²) in [6, 6.07) is 0. The molecule has 2 aromatic heterocycles. The van der Waals surface area contributed by atoms with E-state index in [1.54, 1.807) is 18.0 Å². The van der Waals surface area contributed by atoms with Gasteiger partial charge in [0.1, 0.15) is 5.00 Å². The van der Waals surface area contributed by atoms with Gasteiger partial charge in [0.15, 0.2) is 5.82 Å². The standard InChI is InChI=1S/C9H14N6S2/c1-16-7-8(10)13-17-9(7)11-3-2-5-15-6-4-12-14-15/h4,6,11H,2-3,5H2,1H3,(H2,10,13). The smallest absolute Gasteiger partial charge is 0.153 e. The Balaban J connectivity index is 1.78. The summed E-state index contributed by atoms with van der Waals surface area (Å²) in [5.74, 6) is 0.612. The molecule has 0 aliphatic rings. The Morgan fingerprint density at radius 3 is 3.18 bits per heavy atom. The highest BCUT2D eigenvalue weighted by Crippen LogP contribution is 2.34. The van der Waals surface area contributed by atoms with Crippen molar-refractivity contribution < 1.29 is 0 Å². The molecule has 8 heteroatoms. The molecule has 0 saturated carbocycles. The molecule has 0 saturated heterocycles. The second-order valence-corrected chi connectivity index (χ2v) is 4.97. The van der Waals surface area contributed by atoms with Gasteiger partial charge in [-0.05, 0) is 24.2 Å². The van der Waals surface area contributed by atoms with E-state index in [-0.39, 0.29) is 0 Å². The summed E-state index contributed by atoms with van der Waals surface area (Å²) in [5.41, 5.74) is 5.75. The lowest BCUT2D eigenvalue weighted by molar-refractivity contribution is 0.570. The normalized spacial score (nSPS) is 10.6. The lowest BCUT2D eigenvalue weighted by atomic mass is 10.4. The molecular weight excluding hydrogens is 256 g/mol. The maximum atomic E-state index is 5.75. The minimum Gasteiger partial charge on any atom is -0.382 e. The van der Waals surface area contributed by atoms with Gasteiger partial charge in [-0.1, -0.05) is 5.21 Å². The molecule has 0 atom stereocenters. The zero-order valence-electron chi connectivity index (χ0n) is 9.46. The molecule has 0 aliphatic heterocycles. The molecule has 17 heavy (non-hydrogen) atoms. The number of nitrogens with zero attached hydrogens (tertiary/aromatic N) is 4. The molecule has 3 N–H and O–H groups in total. The second-order valence-electron chi connectivity index (χ2n) is 3.38. The van der Waals surface area contributed by atoms with Crippen molar-refractivity contribution in [1.29, 1.82) is 0 Å². The van der Waals surface area contributed by atoms with Crippen LogP contribution in [0.5, 0.6) is 0 Å². The molecule has 92 valence electrons. The summed E-state index contributed by atoms with van der Waals surface area (Å²) in [6.07, 6.45) is 6.52. The zero-order chi connectivity index (χ0) is 12.1. The highest BCUT2D eigenvalue weighted by atomic mass is 32.2. The number of hydrogen-bond donors (Lipinski definition) is 2. The van der Waals surface area contributed by atoms with Gasteiger partial charge in [-0.3, -0.25) is 4.68 Å². The van der Waals surface area contributed by atoms with Gasteiger partial charge in [-0.15, -0.1) is 16.9 Å². The van der Waals surface area contributed by atoms with Crippen molar-refractivity contribution in [1.82, 2.24) is 19.4 Å². The highest BCUT2D eigenvalue weighted by Gasteiger charge is 2.09. The van der Waals surface area contributed by atoms with Gasteiger partial charge in [0.25, 0.3) is 0 Å². The average Bonchev–Trinajstić information content (AvgIpc) is 2.94. The van der Waals surface area contributed by atoms with E-state index in [0.29, 0.717) is 5.82 Å². The zero-order valence-corrected chi connectivity index (χ0v) is 11.1. The Hall–Kier alpha value is -1.28. The number of anilines is 2. The van der Waals surface area contributed by atoms with Gasteiger partial charge in [-0.25, -0.2) is 0 Å². The third-order valence-corrected chi connectivity index (χ3v) is 3.97. The van der Waals surface area contributed by atoms with Gasteiger partial charge in [0.05, 0.1) is 11.1 Å². The Kier molecular flexibility index (Phi) is 4.21. The summed E-state index contributed by atoms with van der Waals surface area (Å²) in [6.45, 7) is 1.73. The monoisotopic (exact) mass is 270 g/mol. The van der Waals surface area contributed by atoms with Crippen molar-refractivity contribution in [3.8, 4) is 0 Å². The number of hydrogen-bond acceptors (Lipinski definition) is 7. The third kappa shape index (κ3) is 3.10. The molecule has 0 amide bonds. The molecule has 0 bridgehead atoms. The fourth-order valence-electron chi connectivity index (χ4n) is 1.40. The fourth-order valence-corrected chi connectivity index (χ4v) is 2.97. The van der Waals surface area contributed by atoms with Crippen molar-refractivity contribution in [2.75, 3.05) is 23.9 Å². The van der Waals surface area contributed by atoms with Crippen LogP contribution in [0.2, 0.25) is 0 Å². The van der Waals surface area contributed by atoms with Crippen molar-refractivity contribution in [3.63, 3.8) is 0 Å². The number of nitrogens with one attached hydrogen (secondary N) is 1. The summed E-state index contributed by atoms with van der Waals surface area (Å²) < 4.78 is 5.94. The predicted octanol–water partition coefficient (Wildman–Crippen LogP) is 1.54. The number of aromatic nitrogens is 4. The van der Waals surface area contributed by atoms with E-state index < -0.39 is 0 Å². The van der Waals surface area contributed by atoms with Gasteiger partial charge in [-0.2, -0.15) is 4.37 Å². The number of nitrogen functional groups attached to an aromatic ring is 1. The van der Waals surface area contributed by atoms with Gasteiger partial charge >= 0.3 is 0 Å². The van der Waals surface area contributed by atoms with E-state index in [0.717, 1.165) is 29.4 Å². The van der Waals surface area contributed by atoms with Crippen LogP contribution in [0.4, 0.5) is 10.8 Å². The molecule has 0 spiro atoms. The molecule has 0 aliphatic carbocycles. The third-order valence-electron chi connectivity index (χ3n) is 2.20. The summed E-state index contributed by atoms with van der Waals surface area (Å²) in [4.78, 5) is 1.04. The topological polar surface area (TPSA) is 81.6 Å². The quantitative estimate of drug-likeness (QED) is 0.612. The van der Waals surface area contributed by atoms with E-state index in [4.69, 9.17) is 5.73 Å².